The van der Waals surface area contributed by atoms with Crippen LogP contribution in [0.2, 0.25) is 0 Å². The SMILES string of the molecule is COc1ccc(-c2ccc(C(=O)NC(CCNC(=O)C(C)(C)C)C(C)(C)C)cc2C(=O)OCc2ccccc2)c(C(=O)O)n1. The van der Waals surface area contributed by atoms with Crippen molar-refractivity contribution in [3.05, 3.63) is 83.0 Å². The van der Waals surface area contributed by atoms with E-state index in [1.165, 1.54) is 37.4 Å². The number of carbonyl (C=O) groups excluding carboxylic acids is 3. The predicted octanol–water partition coefficient (Wildman–Crippen LogP) is 5.51. The minimum absolute atomic E-state index is 0.00722. The summed E-state index contributed by atoms with van der Waals surface area (Å²) in [6, 6.07) is 16.2. The highest BCUT2D eigenvalue weighted by atomic mass is 16.5. The molecule has 1 heterocycles. The first-order valence-corrected chi connectivity index (χ1v) is 14.3. The maximum atomic E-state index is 13.5. The Morgan fingerprint density at radius 1 is 0.909 bits per heavy atom. The van der Waals surface area contributed by atoms with E-state index in [1.807, 2.05) is 71.9 Å². The van der Waals surface area contributed by atoms with Crippen LogP contribution in [0.25, 0.3) is 11.1 Å². The molecule has 0 aliphatic rings. The number of benzene rings is 2. The number of methoxy groups -OCH3 is 1. The number of hydrogen-bond acceptors (Lipinski definition) is 7. The van der Waals surface area contributed by atoms with E-state index < -0.39 is 23.3 Å². The maximum absolute atomic E-state index is 13.5. The number of nitrogens with one attached hydrogen (secondary N) is 2. The number of pyridine rings is 1. The summed E-state index contributed by atoms with van der Waals surface area (Å²) in [5.41, 5.74) is 0.171. The molecule has 10 nitrogen and oxygen atoms in total. The van der Waals surface area contributed by atoms with Crippen molar-refractivity contribution in [3.63, 3.8) is 0 Å². The van der Waals surface area contributed by atoms with Crippen LogP contribution in [0.15, 0.2) is 60.7 Å². The van der Waals surface area contributed by atoms with Crippen LogP contribution in [-0.4, -0.2) is 53.5 Å². The monoisotopic (exact) mass is 603 g/mol. The Morgan fingerprint density at radius 2 is 1.57 bits per heavy atom. The number of amides is 2. The fourth-order valence-electron chi connectivity index (χ4n) is 4.38. The van der Waals surface area contributed by atoms with Crippen LogP contribution in [0.1, 0.15) is 84.7 Å². The molecule has 3 N–H and O–H groups in total. The van der Waals surface area contributed by atoms with Gasteiger partial charge in [0.15, 0.2) is 5.69 Å². The minimum Gasteiger partial charge on any atom is -0.481 e. The number of hydrogen-bond donors (Lipinski definition) is 3. The average Bonchev–Trinajstić information content (AvgIpc) is 2.98. The minimum atomic E-state index is -1.31. The Labute approximate surface area is 258 Å². The first kappa shape index (κ1) is 33.8. The smallest absolute Gasteiger partial charge is 0.355 e. The molecule has 234 valence electrons. The predicted molar refractivity (Wildman–Crippen MR) is 167 cm³/mol. The summed E-state index contributed by atoms with van der Waals surface area (Å²) in [6.45, 7) is 11.8. The van der Waals surface area contributed by atoms with E-state index in [1.54, 1.807) is 0 Å². The third-order valence-electron chi connectivity index (χ3n) is 7.04. The van der Waals surface area contributed by atoms with Crippen molar-refractivity contribution >= 4 is 23.8 Å². The van der Waals surface area contributed by atoms with Gasteiger partial charge in [0, 0.05) is 35.2 Å². The van der Waals surface area contributed by atoms with Gasteiger partial charge in [-0.3, -0.25) is 9.59 Å². The van der Waals surface area contributed by atoms with Crippen LogP contribution >= 0.6 is 0 Å². The zero-order valence-corrected chi connectivity index (χ0v) is 26.3. The normalized spacial score (nSPS) is 12.2. The summed E-state index contributed by atoms with van der Waals surface area (Å²) in [4.78, 5) is 55.5. The second-order valence-corrected chi connectivity index (χ2v) is 12.6. The summed E-state index contributed by atoms with van der Waals surface area (Å²) in [5, 5.41) is 15.8. The van der Waals surface area contributed by atoms with Gasteiger partial charge in [0.05, 0.1) is 12.7 Å². The van der Waals surface area contributed by atoms with E-state index in [0.29, 0.717) is 13.0 Å². The van der Waals surface area contributed by atoms with Gasteiger partial charge in [-0.25, -0.2) is 14.6 Å². The molecule has 2 amide bonds. The van der Waals surface area contributed by atoms with Gasteiger partial charge in [-0.15, -0.1) is 0 Å². The van der Waals surface area contributed by atoms with Crippen LogP contribution in [-0.2, 0) is 16.1 Å². The van der Waals surface area contributed by atoms with Gasteiger partial charge < -0.3 is 25.2 Å². The molecule has 0 aliphatic heterocycles. The fraction of sp³-hybridized carbons (Fsp3) is 0.382. The number of ether oxygens (including phenoxy) is 2. The van der Waals surface area contributed by atoms with Gasteiger partial charge in [-0.1, -0.05) is 77.9 Å². The number of carboxylic acid groups (broad SMARTS) is 1. The van der Waals surface area contributed by atoms with Crippen molar-refractivity contribution in [3.8, 4) is 17.0 Å². The average molecular weight is 604 g/mol. The largest absolute Gasteiger partial charge is 0.481 e. The molecule has 3 aromatic rings. The Hall–Kier alpha value is -4.73. The highest BCUT2D eigenvalue weighted by molar-refractivity contribution is 6.04. The van der Waals surface area contributed by atoms with Crippen molar-refractivity contribution in [1.29, 1.82) is 0 Å². The summed E-state index contributed by atoms with van der Waals surface area (Å²) in [5.74, 6) is -2.46. The summed E-state index contributed by atoms with van der Waals surface area (Å²) < 4.78 is 10.7. The second kappa shape index (κ2) is 14.2. The Balaban J connectivity index is 1.96. The fourth-order valence-corrected chi connectivity index (χ4v) is 4.38. The lowest BCUT2D eigenvalue weighted by Gasteiger charge is -2.32. The molecular weight excluding hydrogens is 562 g/mol. The van der Waals surface area contributed by atoms with Crippen LogP contribution in [0.3, 0.4) is 0 Å². The van der Waals surface area contributed by atoms with Crippen molar-refractivity contribution in [2.75, 3.05) is 13.7 Å². The zero-order valence-electron chi connectivity index (χ0n) is 26.3. The van der Waals surface area contributed by atoms with E-state index in [9.17, 15) is 24.3 Å². The first-order chi connectivity index (χ1) is 20.6. The summed E-state index contributed by atoms with van der Waals surface area (Å²) in [7, 11) is 1.37. The molecular formula is C34H41N3O7. The van der Waals surface area contributed by atoms with E-state index in [-0.39, 0.29) is 57.8 Å². The molecule has 1 unspecified atom stereocenters. The molecule has 0 fully saturated rings. The third kappa shape index (κ3) is 8.89. The Kier molecular flexibility index (Phi) is 10.9. The van der Waals surface area contributed by atoms with Crippen LogP contribution < -0.4 is 15.4 Å². The maximum Gasteiger partial charge on any atom is 0.355 e. The number of carbonyl (C=O) groups is 4. The number of aromatic carboxylic acids is 1. The molecule has 0 spiro atoms. The number of esters is 1. The van der Waals surface area contributed by atoms with Crippen molar-refractivity contribution < 1.29 is 33.8 Å². The molecule has 3 rings (SSSR count). The molecule has 1 atom stereocenters. The van der Waals surface area contributed by atoms with Gasteiger partial charge in [0.1, 0.15) is 6.61 Å². The van der Waals surface area contributed by atoms with E-state index in [4.69, 9.17) is 9.47 Å². The molecule has 1 aromatic heterocycles. The van der Waals surface area contributed by atoms with E-state index >= 15 is 0 Å². The van der Waals surface area contributed by atoms with Crippen LogP contribution in [0, 0.1) is 10.8 Å². The zero-order chi connectivity index (χ0) is 32.7. The number of carboxylic acids is 1. The molecule has 0 radical (unpaired) electrons. The third-order valence-corrected chi connectivity index (χ3v) is 7.04. The number of aromatic nitrogens is 1. The quantitative estimate of drug-likeness (QED) is 0.244. The van der Waals surface area contributed by atoms with Crippen molar-refractivity contribution in [2.45, 2.75) is 60.6 Å². The molecule has 44 heavy (non-hydrogen) atoms. The topological polar surface area (TPSA) is 144 Å². The van der Waals surface area contributed by atoms with Crippen LogP contribution in [0.5, 0.6) is 5.88 Å². The highest BCUT2D eigenvalue weighted by Crippen LogP contribution is 2.30. The van der Waals surface area contributed by atoms with Gasteiger partial charge in [-0.05, 0) is 41.2 Å². The van der Waals surface area contributed by atoms with Crippen molar-refractivity contribution in [1.82, 2.24) is 15.6 Å². The second-order valence-electron chi connectivity index (χ2n) is 12.6. The van der Waals surface area contributed by atoms with Gasteiger partial charge in [0.2, 0.25) is 11.8 Å². The Morgan fingerprint density at radius 3 is 2.16 bits per heavy atom. The lowest BCUT2D eigenvalue weighted by atomic mass is 9.84. The summed E-state index contributed by atoms with van der Waals surface area (Å²) >= 11 is 0. The van der Waals surface area contributed by atoms with Crippen LogP contribution in [0.4, 0.5) is 0 Å². The number of nitrogens with zero attached hydrogens (tertiary/aromatic N) is 1. The molecule has 0 aliphatic carbocycles. The Bertz CT molecular complexity index is 1510. The molecule has 0 saturated carbocycles. The lowest BCUT2D eigenvalue weighted by Crippen LogP contribution is -2.46. The van der Waals surface area contributed by atoms with Gasteiger partial charge in [0.25, 0.3) is 5.91 Å². The molecule has 2 aromatic carbocycles. The standard InChI is InChI=1S/C34H41N3O7/c1-33(2,3)26(17-18-35-32(42)34(4,5)6)36-29(38)22-13-14-23(24-15-16-27(43-7)37-28(24)30(39)40)25(19-22)31(41)44-20-21-11-9-8-10-12-21/h8-16,19,26H,17-18,20H2,1-7H3,(H,35,42)(H,36,38)(H,39,40). The summed E-state index contributed by atoms with van der Waals surface area (Å²) in [6.07, 6.45) is 0.487. The van der Waals surface area contributed by atoms with Gasteiger partial charge >= 0.3 is 11.9 Å². The molecule has 0 bridgehead atoms. The first-order valence-electron chi connectivity index (χ1n) is 14.3. The van der Waals surface area contributed by atoms with E-state index in [2.05, 4.69) is 15.6 Å². The van der Waals surface area contributed by atoms with Crippen molar-refractivity contribution in [2.24, 2.45) is 10.8 Å². The molecule has 10 heteroatoms. The lowest BCUT2D eigenvalue weighted by molar-refractivity contribution is -0.128. The molecule has 0 saturated heterocycles. The van der Waals surface area contributed by atoms with E-state index in [0.717, 1.165) is 5.56 Å². The number of rotatable bonds is 11. The van der Waals surface area contributed by atoms with Gasteiger partial charge in [-0.2, -0.15) is 0 Å². The highest BCUT2D eigenvalue weighted by Gasteiger charge is 2.29.